The number of benzene rings is 3. The molecule has 1 fully saturated rings. The van der Waals surface area contributed by atoms with Crippen molar-refractivity contribution < 1.29 is 14.3 Å². The van der Waals surface area contributed by atoms with Crippen LogP contribution in [0.1, 0.15) is 31.7 Å². The lowest BCUT2D eigenvalue weighted by Gasteiger charge is -2.38. The largest absolute Gasteiger partial charge is 0.480 e. The smallest absolute Gasteiger partial charge is 0.261 e. The lowest BCUT2D eigenvalue weighted by molar-refractivity contribution is -0.128. The van der Waals surface area contributed by atoms with E-state index in [9.17, 15) is 4.79 Å². The summed E-state index contributed by atoms with van der Waals surface area (Å²) in [6.45, 7) is 4.01. The molecule has 3 aromatic rings. The predicted molar refractivity (Wildman–Crippen MR) is 120 cm³/mol. The molecule has 1 atom stereocenters. The Morgan fingerprint density at radius 3 is 2.47 bits per heavy atom. The fourth-order valence-electron chi connectivity index (χ4n) is 4.27. The highest BCUT2D eigenvalue weighted by Gasteiger charge is 2.35. The van der Waals surface area contributed by atoms with E-state index in [1.807, 2.05) is 43.3 Å². The van der Waals surface area contributed by atoms with Gasteiger partial charge < -0.3 is 14.8 Å². The number of ether oxygens (including phenoxy) is 2. The molecule has 0 aliphatic carbocycles. The van der Waals surface area contributed by atoms with Gasteiger partial charge in [-0.2, -0.15) is 0 Å². The van der Waals surface area contributed by atoms with Crippen molar-refractivity contribution in [3.63, 3.8) is 0 Å². The fourth-order valence-corrected chi connectivity index (χ4v) is 4.27. The third-order valence-electron chi connectivity index (χ3n) is 6.12. The Morgan fingerprint density at radius 1 is 1.00 bits per heavy atom. The zero-order chi connectivity index (χ0) is 20.8. The number of hydrogen-bond donors (Lipinski definition) is 1. The predicted octanol–water partition coefficient (Wildman–Crippen LogP) is 4.86. The van der Waals surface area contributed by atoms with Gasteiger partial charge in [0.25, 0.3) is 5.91 Å². The molecule has 1 N–H and O–H groups in total. The SMILES string of the molecule is CC[C@@H](Oc1cccc2ccccc12)C(=O)NCC1(c2ccccc2)CCOCC1. The van der Waals surface area contributed by atoms with E-state index in [1.54, 1.807) is 0 Å². The van der Waals surface area contributed by atoms with E-state index in [0.29, 0.717) is 26.2 Å². The number of carbonyl (C=O) groups excluding carboxylic acids is 1. The van der Waals surface area contributed by atoms with Gasteiger partial charge in [-0.25, -0.2) is 0 Å². The van der Waals surface area contributed by atoms with Crippen molar-refractivity contribution in [2.45, 2.75) is 37.7 Å². The summed E-state index contributed by atoms with van der Waals surface area (Å²) in [4.78, 5) is 13.1. The van der Waals surface area contributed by atoms with Gasteiger partial charge in [-0.3, -0.25) is 4.79 Å². The molecule has 0 saturated carbocycles. The van der Waals surface area contributed by atoms with Crippen molar-refractivity contribution in [3.05, 3.63) is 78.4 Å². The molecule has 0 spiro atoms. The summed E-state index contributed by atoms with van der Waals surface area (Å²) in [6, 6.07) is 24.5. The highest BCUT2D eigenvalue weighted by atomic mass is 16.5. The van der Waals surface area contributed by atoms with Crippen molar-refractivity contribution in [2.75, 3.05) is 19.8 Å². The van der Waals surface area contributed by atoms with E-state index in [-0.39, 0.29) is 11.3 Å². The van der Waals surface area contributed by atoms with Crippen LogP contribution < -0.4 is 10.1 Å². The molecule has 3 aromatic carbocycles. The van der Waals surface area contributed by atoms with Crippen LogP contribution in [0.2, 0.25) is 0 Å². The van der Waals surface area contributed by atoms with Crippen LogP contribution in [-0.4, -0.2) is 31.8 Å². The number of amides is 1. The van der Waals surface area contributed by atoms with Crippen molar-refractivity contribution in [1.29, 1.82) is 0 Å². The Morgan fingerprint density at radius 2 is 1.70 bits per heavy atom. The maximum absolute atomic E-state index is 13.1. The van der Waals surface area contributed by atoms with Gasteiger partial charge in [0.15, 0.2) is 6.10 Å². The fraction of sp³-hybridized carbons (Fsp3) is 0.346. The topological polar surface area (TPSA) is 47.6 Å². The molecular formula is C26H29NO3. The van der Waals surface area contributed by atoms with Gasteiger partial charge in [0, 0.05) is 30.6 Å². The van der Waals surface area contributed by atoms with Crippen LogP contribution in [0.25, 0.3) is 10.8 Å². The van der Waals surface area contributed by atoms with Crippen LogP contribution in [-0.2, 0) is 14.9 Å². The maximum Gasteiger partial charge on any atom is 0.261 e. The van der Waals surface area contributed by atoms with Crippen LogP contribution in [0.15, 0.2) is 72.8 Å². The first kappa shape index (κ1) is 20.4. The van der Waals surface area contributed by atoms with E-state index in [2.05, 4.69) is 41.7 Å². The second-order valence-corrected chi connectivity index (χ2v) is 7.97. The first-order valence-corrected chi connectivity index (χ1v) is 10.8. The molecular weight excluding hydrogens is 374 g/mol. The van der Waals surface area contributed by atoms with Gasteiger partial charge in [-0.05, 0) is 36.3 Å². The molecule has 1 aliphatic rings. The Kier molecular flexibility index (Phi) is 6.34. The van der Waals surface area contributed by atoms with Gasteiger partial charge in [-0.1, -0.05) is 73.7 Å². The number of rotatable bonds is 7. The van der Waals surface area contributed by atoms with Crippen molar-refractivity contribution >= 4 is 16.7 Å². The summed E-state index contributed by atoms with van der Waals surface area (Å²) < 4.78 is 11.8. The van der Waals surface area contributed by atoms with Crippen LogP contribution in [0, 0.1) is 0 Å². The van der Waals surface area contributed by atoms with Gasteiger partial charge in [0.2, 0.25) is 0 Å². The van der Waals surface area contributed by atoms with Gasteiger partial charge in [0.1, 0.15) is 5.75 Å². The van der Waals surface area contributed by atoms with Crippen LogP contribution in [0.3, 0.4) is 0 Å². The first-order chi connectivity index (χ1) is 14.7. The molecule has 4 nitrogen and oxygen atoms in total. The summed E-state index contributed by atoms with van der Waals surface area (Å²) in [5.74, 6) is 0.686. The average molecular weight is 404 g/mol. The summed E-state index contributed by atoms with van der Waals surface area (Å²) in [6.07, 6.45) is 1.89. The van der Waals surface area contributed by atoms with Gasteiger partial charge in [0.05, 0.1) is 0 Å². The number of fused-ring (bicyclic) bond motifs is 1. The van der Waals surface area contributed by atoms with E-state index in [1.165, 1.54) is 5.56 Å². The molecule has 1 amide bonds. The second kappa shape index (κ2) is 9.31. The Balaban J connectivity index is 1.48. The monoisotopic (exact) mass is 403 g/mol. The zero-order valence-electron chi connectivity index (χ0n) is 17.5. The number of nitrogens with one attached hydrogen (secondary N) is 1. The van der Waals surface area contributed by atoms with Crippen LogP contribution >= 0.6 is 0 Å². The molecule has 0 aromatic heterocycles. The summed E-state index contributed by atoms with van der Waals surface area (Å²) >= 11 is 0. The quantitative estimate of drug-likeness (QED) is 0.613. The second-order valence-electron chi connectivity index (χ2n) is 7.97. The van der Waals surface area contributed by atoms with Crippen molar-refractivity contribution in [2.24, 2.45) is 0 Å². The molecule has 0 unspecified atom stereocenters. The Hall–Kier alpha value is -2.85. The van der Waals surface area contributed by atoms with Crippen LogP contribution in [0.5, 0.6) is 5.75 Å². The van der Waals surface area contributed by atoms with Crippen molar-refractivity contribution in [1.82, 2.24) is 5.32 Å². The summed E-state index contributed by atoms with van der Waals surface area (Å²) in [5, 5.41) is 5.32. The molecule has 156 valence electrons. The highest BCUT2D eigenvalue weighted by Crippen LogP contribution is 2.34. The third kappa shape index (κ3) is 4.34. The number of hydrogen-bond acceptors (Lipinski definition) is 3. The summed E-state index contributed by atoms with van der Waals surface area (Å²) in [7, 11) is 0. The van der Waals surface area contributed by atoms with Crippen molar-refractivity contribution in [3.8, 4) is 5.75 Å². The van der Waals surface area contributed by atoms with E-state index in [4.69, 9.17) is 9.47 Å². The third-order valence-corrected chi connectivity index (χ3v) is 6.12. The van der Waals surface area contributed by atoms with E-state index in [0.717, 1.165) is 29.4 Å². The first-order valence-electron chi connectivity index (χ1n) is 10.8. The lowest BCUT2D eigenvalue weighted by atomic mass is 9.74. The molecule has 0 bridgehead atoms. The molecule has 1 saturated heterocycles. The standard InChI is InChI=1S/C26H29NO3/c1-2-23(30-24-14-8-10-20-9-6-7-13-22(20)24)25(28)27-19-26(15-17-29-18-16-26)21-11-4-3-5-12-21/h3-14,23H,2,15-19H2,1H3,(H,27,28)/t23-/m1/s1. The lowest BCUT2D eigenvalue weighted by Crippen LogP contribution is -2.48. The zero-order valence-corrected chi connectivity index (χ0v) is 17.5. The Bertz CT molecular complexity index is 974. The van der Waals surface area contributed by atoms with E-state index < -0.39 is 6.10 Å². The average Bonchev–Trinajstić information content (AvgIpc) is 2.82. The highest BCUT2D eigenvalue weighted by molar-refractivity contribution is 5.89. The molecule has 30 heavy (non-hydrogen) atoms. The molecule has 4 rings (SSSR count). The Labute approximate surface area is 178 Å². The molecule has 1 heterocycles. The molecule has 4 heteroatoms. The minimum Gasteiger partial charge on any atom is -0.480 e. The van der Waals surface area contributed by atoms with Gasteiger partial charge >= 0.3 is 0 Å². The maximum atomic E-state index is 13.1. The number of carbonyl (C=O) groups is 1. The van der Waals surface area contributed by atoms with Crippen LogP contribution in [0.4, 0.5) is 0 Å². The minimum absolute atomic E-state index is 0.0627. The minimum atomic E-state index is -0.525. The summed E-state index contributed by atoms with van der Waals surface area (Å²) in [5.41, 5.74) is 1.17. The molecule has 1 aliphatic heterocycles. The van der Waals surface area contributed by atoms with Gasteiger partial charge in [-0.15, -0.1) is 0 Å². The van der Waals surface area contributed by atoms with E-state index >= 15 is 0 Å². The normalized spacial score (nSPS) is 16.7. The molecule has 0 radical (unpaired) electrons.